The second kappa shape index (κ2) is 8.86. The van der Waals surface area contributed by atoms with E-state index < -0.39 is 0 Å². The molecule has 0 fully saturated rings. The number of fused-ring (bicyclic) bond motifs is 1. The first-order chi connectivity index (χ1) is 14.9. The molecule has 1 aliphatic rings. The number of halogens is 1. The molecule has 1 aromatic heterocycles. The maximum Gasteiger partial charge on any atom is 0.246 e. The summed E-state index contributed by atoms with van der Waals surface area (Å²) in [5, 5.41) is 5.05. The lowest BCUT2D eigenvalue weighted by atomic mass is 10.1. The van der Waals surface area contributed by atoms with E-state index >= 15 is 0 Å². The quantitative estimate of drug-likeness (QED) is 0.529. The molecule has 2 heterocycles. The van der Waals surface area contributed by atoms with E-state index in [9.17, 15) is 4.79 Å². The van der Waals surface area contributed by atoms with Crippen molar-refractivity contribution in [2.24, 2.45) is 0 Å². The Kier molecular flexibility index (Phi) is 6.00. The van der Waals surface area contributed by atoms with Crippen molar-refractivity contribution < 1.29 is 14.3 Å². The molecule has 0 N–H and O–H groups in total. The van der Waals surface area contributed by atoms with Gasteiger partial charge in [-0.25, -0.2) is 4.68 Å². The van der Waals surface area contributed by atoms with E-state index in [-0.39, 0.29) is 12.7 Å². The van der Waals surface area contributed by atoms with Crippen molar-refractivity contribution in [2.75, 3.05) is 13.8 Å². The van der Waals surface area contributed by atoms with Crippen LogP contribution >= 0.6 is 11.6 Å². The Balaban J connectivity index is 1.43. The molecule has 31 heavy (non-hydrogen) atoms. The van der Waals surface area contributed by atoms with Crippen LogP contribution in [0, 0.1) is 13.8 Å². The normalized spacial score (nSPS) is 12.5. The summed E-state index contributed by atoms with van der Waals surface area (Å²) in [4.78, 5) is 14.3. The van der Waals surface area contributed by atoms with Gasteiger partial charge in [-0.2, -0.15) is 5.10 Å². The molecule has 0 saturated carbocycles. The molecule has 0 atom stereocenters. The molecule has 2 aromatic carbocycles. The van der Waals surface area contributed by atoms with E-state index in [2.05, 4.69) is 36.3 Å². The van der Waals surface area contributed by atoms with Gasteiger partial charge in [-0.3, -0.25) is 4.79 Å². The molecule has 0 unspecified atom stereocenters. The number of aromatic nitrogens is 2. The van der Waals surface area contributed by atoms with Crippen molar-refractivity contribution in [3.63, 3.8) is 0 Å². The summed E-state index contributed by atoms with van der Waals surface area (Å²) in [7, 11) is 1.76. The molecule has 0 saturated heterocycles. The second-order valence-corrected chi connectivity index (χ2v) is 8.01. The van der Waals surface area contributed by atoms with E-state index in [0.29, 0.717) is 24.0 Å². The van der Waals surface area contributed by atoms with Gasteiger partial charge in [-0.15, -0.1) is 0 Å². The maximum atomic E-state index is 12.6. The lowest BCUT2D eigenvalue weighted by Crippen LogP contribution is -2.24. The zero-order valence-electron chi connectivity index (χ0n) is 17.8. The number of hydrogen-bond acceptors (Lipinski definition) is 4. The zero-order chi connectivity index (χ0) is 22.0. The van der Waals surface area contributed by atoms with Crippen LogP contribution in [0.5, 0.6) is 11.5 Å². The van der Waals surface area contributed by atoms with Gasteiger partial charge >= 0.3 is 0 Å². The maximum absolute atomic E-state index is 12.6. The fraction of sp³-hybridized carbons (Fsp3) is 0.250. The highest BCUT2D eigenvalue weighted by Gasteiger charge is 2.16. The van der Waals surface area contributed by atoms with E-state index in [1.165, 1.54) is 11.6 Å². The number of likely N-dealkylation sites (N-methyl/N-ethyl adjacent to an activating group) is 1. The van der Waals surface area contributed by atoms with Crippen LogP contribution in [0.15, 0.2) is 48.5 Å². The van der Waals surface area contributed by atoms with Gasteiger partial charge in [0, 0.05) is 25.2 Å². The van der Waals surface area contributed by atoms with Gasteiger partial charge in [0.2, 0.25) is 12.7 Å². The minimum absolute atomic E-state index is 0.126. The summed E-state index contributed by atoms with van der Waals surface area (Å²) in [6.45, 7) is 5.20. The highest BCUT2D eigenvalue weighted by molar-refractivity contribution is 6.31. The first-order valence-electron chi connectivity index (χ1n) is 10.0. The molecule has 6 nitrogen and oxygen atoms in total. The predicted octanol–water partition coefficient (Wildman–Crippen LogP) is 4.60. The van der Waals surface area contributed by atoms with Crippen LogP contribution in [-0.2, 0) is 17.9 Å². The number of aryl methyl sites for hydroxylation is 2. The highest BCUT2D eigenvalue weighted by atomic mass is 35.5. The average Bonchev–Trinajstić information content (AvgIpc) is 3.32. The number of benzene rings is 2. The highest BCUT2D eigenvalue weighted by Crippen LogP contribution is 2.32. The lowest BCUT2D eigenvalue weighted by Gasteiger charge is -2.15. The van der Waals surface area contributed by atoms with Crippen LogP contribution in [-0.4, -0.2) is 34.4 Å². The molecule has 160 valence electrons. The summed E-state index contributed by atoms with van der Waals surface area (Å²) >= 11 is 6.56. The van der Waals surface area contributed by atoms with E-state index in [1.54, 1.807) is 22.7 Å². The Hall–Kier alpha value is -3.25. The van der Waals surface area contributed by atoms with Crippen LogP contribution in [0.2, 0.25) is 5.15 Å². The third kappa shape index (κ3) is 4.75. The Morgan fingerprint density at radius 1 is 1.13 bits per heavy atom. The lowest BCUT2D eigenvalue weighted by molar-refractivity contribution is -0.125. The molecular formula is C24H24ClN3O3. The fourth-order valence-corrected chi connectivity index (χ4v) is 3.70. The molecule has 1 aliphatic heterocycles. The van der Waals surface area contributed by atoms with Crippen LogP contribution in [0.1, 0.15) is 27.9 Å². The van der Waals surface area contributed by atoms with E-state index in [1.807, 2.05) is 25.1 Å². The van der Waals surface area contributed by atoms with Gasteiger partial charge < -0.3 is 14.4 Å². The van der Waals surface area contributed by atoms with E-state index in [0.717, 1.165) is 28.1 Å². The molecule has 4 rings (SSSR count). The van der Waals surface area contributed by atoms with Gasteiger partial charge in [-0.1, -0.05) is 47.5 Å². The van der Waals surface area contributed by atoms with Gasteiger partial charge in [0.05, 0.1) is 12.2 Å². The van der Waals surface area contributed by atoms with E-state index in [4.69, 9.17) is 21.1 Å². The summed E-state index contributed by atoms with van der Waals surface area (Å²) in [5.74, 6) is 1.31. The van der Waals surface area contributed by atoms with Crippen molar-refractivity contribution in [3.8, 4) is 11.5 Å². The predicted molar refractivity (Wildman–Crippen MR) is 120 cm³/mol. The van der Waals surface area contributed by atoms with Gasteiger partial charge in [0.15, 0.2) is 11.5 Å². The van der Waals surface area contributed by atoms with Crippen molar-refractivity contribution >= 4 is 23.6 Å². The van der Waals surface area contributed by atoms with Crippen LogP contribution < -0.4 is 9.47 Å². The minimum atomic E-state index is -0.126. The average molecular weight is 438 g/mol. The molecule has 0 bridgehead atoms. The number of carbonyl (C=O) groups is 1. The van der Waals surface area contributed by atoms with Gasteiger partial charge in [0.25, 0.3) is 0 Å². The Morgan fingerprint density at radius 3 is 2.61 bits per heavy atom. The number of rotatable bonds is 6. The van der Waals surface area contributed by atoms with Crippen molar-refractivity contribution in [1.29, 1.82) is 0 Å². The largest absolute Gasteiger partial charge is 0.454 e. The number of ether oxygens (including phenoxy) is 2. The first kappa shape index (κ1) is 21.0. The first-order valence-corrected chi connectivity index (χ1v) is 10.4. The number of amides is 1. The Morgan fingerprint density at radius 2 is 1.84 bits per heavy atom. The van der Waals surface area contributed by atoms with Crippen LogP contribution in [0.4, 0.5) is 0 Å². The minimum Gasteiger partial charge on any atom is -0.454 e. The third-order valence-corrected chi connectivity index (χ3v) is 5.59. The third-order valence-electron chi connectivity index (χ3n) is 5.19. The van der Waals surface area contributed by atoms with Crippen molar-refractivity contribution in [3.05, 3.63) is 81.6 Å². The number of carbonyl (C=O) groups excluding carboxylic acids is 1. The summed E-state index contributed by atoms with van der Waals surface area (Å²) < 4.78 is 12.5. The Labute approximate surface area is 186 Å². The Bertz CT molecular complexity index is 1140. The molecule has 0 spiro atoms. The smallest absolute Gasteiger partial charge is 0.246 e. The summed E-state index contributed by atoms with van der Waals surface area (Å²) in [6, 6.07) is 13.9. The molecule has 7 heteroatoms. The van der Waals surface area contributed by atoms with Crippen molar-refractivity contribution in [1.82, 2.24) is 14.7 Å². The monoisotopic (exact) mass is 437 g/mol. The van der Waals surface area contributed by atoms with Crippen LogP contribution in [0.25, 0.3) is 6.08 Å². The van der Waals surface area contributed by atoms with Crippen LogP contribution in [0.3, 0.4) is 0 Å². The molecular weight excluding hydrogens is 414 g/mol. The molecule has 0 radical (unpaired) electrons. The van der Waals surface area contributed by atoms with Gasteiger partial charge in [0.1, 0.15) is 5.15 Å². The number of nitrogens with zero attached hydrogens (tertiary/aromatic N) is 3. The topological polar surface area (TPSA) is 56.6 Å². The zero-order valence-corrected chi connectivity index (χ0v) is 18.5. The summed E-state index contributed by atoms with van der Waals surface area (Å²) in [5.41, 5.74) is 4.82. The molecule has 0 aliphatic carbocycles. The molecule has 3 aromatic rings. The van der Waals surface area contributed by atoms with Gasteiger partial charge in [-0.05, 0) is 43.2 Å². The summed E-state index contributed by atoms with van der Waals surface area (Å²) in [6.07, 6.45) is 3.26. The fourth-order valence-electron chi connectivity index (χ4n) is 3.40. The standard InChI is InChI=1S/C24H24ClN3O3/c1-16-4-6-18(7-5-16)14-28-24(25)20(17(2)26-28)9-11-23(29)27(3)13-19-8-10-21-22(12-19)31-15-30-21/h4-12H,13-15H2,1-3H3/b11-9+. The number of hydrogen-bond donors (Lipinski definition) is 0. The second-order valence-electron chi connectivity index (χ2n) is 7.65. The SMILES string of the molecule is Cc1ccc(Cn2nc(C)c(/C=C/C(=O)N(C)Cc3ccc4c(c3)OCO4)c2Cl)cc1. The molecule has 1 amide bonds. The van der Waals surface area contributed by atoms with Crippen molar-refractivity contribution in [2.45, 2.75) is 26.9 Å².